The first kappa shape index (κ1) is 19.4. The predicted octanol–water partition coefficient (Wildman–Crippen LogP) is 2.48. The highest BCUT2D eigenvalue weighted by atomic mass is 16.1. The van der Waals surface area contributed by atoms with Crippen LogP contribution in [0.4, 0.5) is 0 Å². The van der Waals surface area contributed by atoms with Gasteiger partial charge < -0.3 is 16.0 Å². The third-order valence-corrected chi connectivity index (χ3v) is 3.88. The third kappa shape index (κ3) is 6.55. The van der Waals surface area contributed by atoms with E-state index < -0.39 is 0 Å². The Balaban J connectivity index is 1.79. The molecule has 6 heteroatoms. The summed E-state index contributed by atoms with van der Waals surface area (Å²) in [4.78, 5) is 20.5. The summed E-state index contributed by atoms with van der Waals surface area (Å²) in [6.07, 6.45) is 3.84. The number of hydrogen-bond donors (Lipinski definition) is 3. The first-order valence-corrected chi connectivity index (χ1v) is 8.94. The number of guanidine groups is 1. The number of hydrogen-bond acceptors (Lipinski definition) is 3. The third-order valence-electron chi connectivity index (χ3n) is 3.88. The summed E-state index contributed by atoms with van der Waals surface area (Å²) in [5.41, 5.74) is 2.72. The summed E-state index contributed by atoms with van der Waals surface area (Å²) >= 11 is 0. The minimum absolute atomic E-state index is 0.0224. The number of rotatable bonds is 8. The van der Waals surface area contributed by atoms with Gasteiger partial charge in [0.1, 0.15) is 0 Å². The van der Waals surface area contributed by atoms with Crippen LogP contribution in [0.5, 0.6) is 0 Å². The maximum atomic E-state index is 12.0. The van der Waals surface area contributed by atoms with Gasteiger partial charge in [-0.15, -0.1) is 0 Å². The van der Waals surface area contributed by atoms with Gasteiger partial charge in [0.05, 0.1) is 12.2 Å². The van der Waals surface area contributed by atoms with Crippen molar-refractivity contribution in [1.29, 1.82) is 0 Å². The molecular formula is C20H27N5O. The lowest BCUT2D eigenvalue weighted by Crippen LogP contribution is -2.36. The fraction of sp³-hybridized carbons (Fsp3) is 0.350. The first-order chi connectivity index (χ1) is 12.7. The lowest BCUT2D eigenvalue weighted by molar-refractivity contribution is 0.0953. The molecule has 1 heterocycles. The second-order valence-corrected chi connectivity index (χ2v) is 5.91. The van der Waals surface area contributed by atoms with Crippen molar-refractivity contribution in [3.8, 4) is 0 Å². The van der Waals surface area contributed by atoms with Gasteiger partial charge in [0, 0.05) is 31.9 Å². The van der Waals surface area contributed by atoms with Crippen molar-refractivity contribution in [2.24, 2.45) is 4.99 Å². The quantitative estimate of drug-likeness (QED) is 0.387. The molecule has 0 aliphatic heterocycles. The number of nitrogens with zero attached hydrogens (tertiary/aromatic N) is 2. The zero-order valence-corrected chi connectivity index (χ0v) is 15.5. The minimum Gasteiger partial charge on any atom is -0.352 e. The minimum atomic E-state index is -0.0224. The van der Waals surface area contributed by atoms with Crippen LogP contribution in [0.3, 0.4) is 0 Å². The predicted molar refractivity (Wildman–Crippen MR) is 105 cm³/mol. The fourth-order valence-corrected chi connectivity index (χ4v) is 2.34. The molecule has 0 aliphatic carbocycles. The molecule has 26 heavy (non-hydrogen) atoms. The van der Waals surface area contributed by atoms with E-state index in [1.54, 1.807) is 13.2 Å². The number of nitrogens with one attached hydrogen (secondary N) is 3. The van der Waals surface area contributed by atoms with Crippen molar-refractivity contribution in [2.75, 3.05) is 13.6 Å². The summed E-state index contributed by atoms with van der Waals surface area (Å²) in [6, 6.07) is 13.4. The van der Waals surface area contributed by atoms with Crippen LogP contribution in [-0.2, 0) is 13.1 Å². The SMILES string of the molecule is CCCCNC(=O)c1ccc(CNC(=NC)NCc2ccccn2)cc1. The van der Waals surface area contributed by atoms with E-state index in [4.69, 9.17) is 0 Å². The number of aliphatic imine (C=N–C) groups is 1. The lowest BCUT2D eigenvalue weighted by atomic mass is 10.1. The van der Waals surface area contributed by atoms with Crippen LogP contribution in [0, 0.1) is 0 Å². The van der Waals surface area contributed by atoms with Crippen molar-refractivity contribution in [3.63, 3.8) is 0 Å². The number of amides is 1. The van der Waals surface area contributed by atoms with Gasteiger partial charge in [0.2, 0.25) is 0 Å². The molecule has 6 nitrogen and oxygen atoms in total. The summed E-state index contributed by atoms with van der Waals surface area (Å²) < 4.78 is 0. The second kappa shape index (κ2) is 10.9. The highest BCUT2D eigenvalue weighted by Crippen LogP contribution is 2.04. The van der Waals surface area contributed by atoms with Gasteiger partial charge in [-0.25, -0.2) is 0 Å². The van der Waals surface area contributed by atoms with Gasteiger partial charge in [-0.05, 0) is 36.2 Å². The second-order valence-electron chi connectivity index (χ2n) is 5.91. The highest BCUT2D eigenvalue weighted by Gasteiger charge is 2.05. The molecule has 0 radical (unpaired) electrons. The van der Waals surface area contributed by atoms with Crippen LogP contribution in [0.1, 0.15) is 41.4 Å². The van der Waals surface area contributed by atoms with Crippen LogP contribution >= 0.6 is 0 Å². The Morgan fingerprint density at radius 3 is 2.46 bits per heavy atom. The number of carbonyl (C=O) groups excluding carboxylic acids is 1. The summed E-state index contributed by atoms with van der Waals surface area (Å²) in [5.74, 6) is 0.683. The van der Waals surface area contributed by atoms with Crippen LogP contribution in [0.15, 0.2) is 53.7 Å². The Morgan fingerprint density at radius 2 is 1.81 bits per heavy atom. The number of aromatic nitrogens is 1. The van der Waals surface area contributed by atoms with Gasteiger partial charge in [-0.3, -0.25) is 14.8 Å². The molecule has 0 spiro atoms. The topological polar surface area (TPSA) is 78.4 Å². The van der Waals surface area contributed by atoms with E-state index in [1.165, 1.54) is 0 Å². The standard InChI is InChI=1S/C20H27N5O/c1-3-4-12-23-19(26)17-10-8-16(9-11-17)14-24-20(21-2)25-15-18-7-5-6-13-22-18/h5-11,13H,3-4,12,14-15H2,1-2H3,(H,23,26)(H2,21,24,25). The Morgan fingerprint density at radius 1 is 1.04 bits per heavy atom. The molecule has 1 amide bonds. The van der Waals surface area contributed by atoms with Crippen molar-refractivity contribution in [3.05, 3.63) is 65.5 Å². The van der Waals surface area contributed by atoms with E-state index in [9.17, 15) is 4.79 Å². The van der Waals surface area contributed by atoms with Crippen LogP contribution < -0.4 is 16.0 Å². The fourth-order valence-electron chi connectivity index (χ4n) is 2.34. The molecule has 0 saturated heterocycles. The molecule has 0 atom stereocenters. The summed E-state index contributed by atoms with van der Waals surface area (Å²) in [7, 11) is 1.73. The Bertz CT molecular complexity index is 698. The van der Waals surface area contributed by atoms with E-state index in [0.29, 0.717) is 24.6 Å². The first-order valence-electron chi connectivity index (χ1n) is 8.94. The van der Waals surface area contributed by atoms with Crippen molar-refractivity contribution in [1.82, 2.24) is 20.9 Å². The molecule has 138 valence electrons. The Labute approximate surface area is 155 Å². The van der Waals surface area contributed by atoms with Gasteiger partial charge in [0.15, 0.2) is 5.96 Å². The smallest absolute Gasteiger partial charge is 0.251 e. The van der Waals surface area contributed by atoms with Crippen LogP contribution in [-0.4, -0.2) is 30.4 Å². The van der Waals surface area contributed by atoms with E-state index >= 15 is 0 Å². The van der Waals surface area contributed by atoms with Crippen molar-refractivity contribution >= 4 is 11.9 Å². The molecule has 0 fully saturated rings. The normalized spacial score (nSPS) is 11.1. The van der Waals surface area contributed by atoms with Crippen LogP contribution in [0.2, 0.25) is 0 Å². The van der Waals surface area contributed by atoms with E-state index in [-0.39, 0.29) is 5.91 Å². The molecule has 2 rings (SSSR count). The number of carbonyl (C=O) groups is 1. The zero-order valence-electron chi connectivity index (χ0n) is 15.5. The number of benzene rings is 1. The van der Waals surface area contributed by atoms with Gasteiger partial charge in [-0.2, -0.15) is 0 Å². The maximum absolute atomic E-state index is 12.0. The Kier molecular flexibility index (Phi) is 8.12. The molecule has 0 unspecified atom stereocenters. The molecule has 1 aromatic heterocycles. The van der Waals surface area contributed by atoms with E-state index in [1.807, 2.05) is 42.5 Å². The molecule has 3 N–H and O–H groups in total. The average molecular weight is 353 g/mol. The monoisotopic (exact) mass is 353 g/mol. The van der Waals surface area contributed by atoms with E-state index in [0.717, 1.165) is 30.6 Å². The highest BCUT2D eigenvalue weighted by molar-refractivity contribution is 5.94. The summed E-state index contributed by atoms with van der Waals surface area (Å²) in [5, 5.41) is 9.41. The molecule has 0 aliphatic rings. The van der Waals surface area contributed by atoms with Crippen molar-refractivity contribution in [2.45, 2.75) is 32.9 Å². The van der Waals surface area contributed by atoms with E-state index in [2.05, 4.69) is 32.9 Å². The molecule has 2 aromatic rings. The maximum Gasteiger partial charge on any atom is 0.251 e. The summed E-state index contributed by atoms with van der Waals surface area (Å²) in [6.45, 7) is 4.06. The number of unbranched alkanes of at least 4 members (excludes halogenated alkanes) is 1. The van der Waals surface area contributed by atoms with Crippen molar-refractivity contribution < 1.29 is 4.79 Å². The average Bonchev–Trinajstić information content (AvgIpc) is 2.69. The zero-order chi connectivity index (χ0) is 18.6. The molecular weight excluding hydrogens is 326 g/mol. The lowest BCUT2D eigenvalue weighted by Gasteiger charge is -2.12. The van der Waals surface area contributed by atoms with Gasteiger partial charge in [-0.1, -0.05) is 31.5 Å². The number of pyridine rings is 1. The molecule has 1 aromatic carbocycles. The van der Waals surface area contributed by atoms with Gasteiger partial charge in [0.25, 0.3) is 5.91 Å². The molecule has 0 saturated carbocycles. The van der Waals surface area contributed by atoms with Gasteiger partial charge >= 0.3 is 0 Å². The largest absolute Gasteiger partial charge is 0.352 e. The van der Waals surface area contributed by atoms with Crippen LogP contribution in [0.25, 0.3) is 0 Å². The molecule has 0 bridgehead atoms. The Hall–Kier alpha value is -2.89.